The van der Waals surface area contributed by atoms with Crippen molar-refractivity contribution in [1.29, 1.82) is 0 Å². The highest BCUT2D eigenvalue weighted by Crippen LogP contribution is 2.34. The minimum Gasteiger partial charge on any atom is -0.367 e. The second-order valence-corrected chi connectivity index (χ2v) is 5.75. The van der Waals surface area contributed by atoms with E-state index in [1.165, 1.54) is 36.5 Å². The molecular formula is C14H18N2S. The van der Waals surface area contributed by atoms with Crippen LogP contribution in [0.4, 0.5) is 0 Å². The smallest absolute Gasteiger partial charge is 0.0681 e. The van der Waals surface area contributed by atoms with Crippen molar-refractivity contribution in [1.82, 2.24) is 10.2 Å². The number of hydrogen-bond acceptors (Lipinski definition) is 3. The number of rotatable bonds is 3. The van der Waals surface area contributed by atoms with Crippen LogP contribution in [0.15, 0.2) is 36.5 Å². The molecule has 1 saturated heterocycles. The lowest BCUT2D eigenvalue weighted by atomic mass is 10.1. The van der Waals surface area contributed by atoms with Crippen molar-refractivity contribution in [3.8, 4) is 0 Å². The minimum absolute atomic E-state index is 0.835. The van der Waals surface area contributed by atoms with Gasteiger partial charge < -0.3 is 10.2 Å². The fraction of sp³-hybridized carbons (Fsp3) is 0.429. The van der Waals surface area contributed by atoms with E-state index in [4.69, 9.17) is 0 Å². The molecule has 0 spiro atoms. The van der Waals surface area contributed by atoms with Crippen LogP contribution in [0.25, 0.3) is 4.91 Å². The first-order valence-electron chi connectivity index (χ1n) is 6.26. The predicted octanol–water partition coefficient (Wildman–Crippen LogP) is 2.60. The van der Waals surface area contributed by atoms with Gasteiger partial charge in [0.15, 0.2) is 0 Å². The van der Waals surface area contributed by atoms with Gasteiger partial charge in [0.05, 0.1) is 5.88 Å². The van der Waals surface area contributed by atoms with Gasteiger partial charge >= 0.3 is 0 Å². The highest BCUT2D eigenvalue weighted by Gasteiger charge is 2.20. The van der Waals surface area contributed by atoms with Gasteiger partial charge in [-0.3, -0.25) is 0 Å². The van der Waals surface area contributed by atoms with E-state index in [0.717, 1.165) is 11.8 Å². The Morgan fingerprint density at radius 2 is 2.18 bits per heavy atom. The van der Waals surface area contributed by atoms with E-state index in [1.54, 1.807) is 0 Å². The number of thioether (sulfide) groups is 1. The van der Waals surface area contributed by atoms with Crippen molar-refractivity contribution in [2.75, 3.05) is 25.5 Å². The van der Waals surface area contributed by atoms with E-state index in [9.17, 15) is 0 Å². The number of nitrogens with one attached hydrogen (secondary N) is 1. The van der Waals surface area contributed by atoms with Crippen LogP contribution in [-0.4, -0.2) is 30.4 Å². The van der Waals surface area contributed by atoms with Crippen LogP contribution in [0.2, 0.25) is 0 Å². The third kappa shape index (κ3) is 2.67. The first kappa shape index (κ1) is 11.2. The standard InChI is InChI=1S/C14H18N2S/c1-2-4-13(5-3-1)14-10-16(11-17-14)9-12-6-7-15-8-12/h1-5,10,12,15H,6-9,11H2/t12-/m1/s1. The second-order valence-electron chi connectivity index (χ2n) is 4.76. The summed E-state index contributed by atoms with van der Waals surface area (Å²) in [5, 5.41) is 3.44. The molecule has 17 heavy (non-hydrogen) atoms. The molecule has 2 aliphatic heterocycles. The summed E-state index contributed by atoms with van der Waals surface area (Å²) >= 11 is 1.95. The molecule has 0 saturated carbocycles. The summed E-state index contributed by atoms with van der Waals surface area (Å²) in [5.74, 6) is 1.95. The molecule has 90 valence electrons. The van der Waals surface area contributed by atoms with Gasteiger partial charge in [0.1, 0.15) is 0 Å². The maximum atomic E-state index is 3.44. The van der Waals surface area contributed by atoms with Crippen LogP contribution in [0.3, 0.4) is 0 Å². The molecule has 3 rings (SSSR count). The maximum absolute atomic E-state index is 3.44. The Bertz CT molecular complexity index is 396. The van der Waals surface area contributed by atoms with Crippen LogP contribution in [0.5, 0.6) is 0 Å². The minimum atomic E-state index is 0.835. The second kappa shape index (κ2) is 5.15. The topological polar surface area (TPSA) is 15.3 Å². The third-order valence-electron chi connectivity index (χ3n) is 3.40. The molecule has 2 heterocycles. The molecule has 2 nitrogen and oxygen atoms in total. The van der Waals surface area contributed by atoms with Crippen LogP contribution in [-0.2, 0) is 0 Å². The lowest BCUT2D eigenvalue weighted by molar-refractivity contribution is 0.366. The average Bonchev–Trinajstić information content (AvgIpc) is 3.02. The zero-order valence-corrected chi connectivity index (χ0v) is 10.7. The Hall–Kier alpha value is -0.930. The van der Waals surface area contributed by atoms with Gasteiger partial charge in [-0.1, -0.05) is 30.3 Å². The Labute approximate surface area is 107 Å². The third-order valence-corrected chi connectivity index (χ3v) is 4.51. The van der Waals surface area contributed by atoms with Crippen molar-refractivity contribution >= 4 is 16.7 Å². The molecule has 0 unspecified atom stereocenters. The lowest BCUT2D eigenvalue weighted by Gasteiger charge is -2.18. The first-order valence-corrected chi connectivity index (χ1v) is 7.25. The summed E-state index contributed by atoms with van der Waals surface area (Å²) in [6.45, 7) is 3.59. The van der Waals surface area contributed by atoms with E-state index in [0.29, 0.717) is 0 Å². The van der Waals surface area contributed by atoms with E-state index >= 15 is 0 Å². The van der Waals surface area contributed by atoms with Gasteiger partial charge in [0.2, 0.25) is 0 Å². The normalized spacial score (nSPS) is 24.1. The molecule has 1 N–H and O–H groups in total. The zero-order valence-electron chi connectivity index (χ0n) is 9.93. The monoisotopic (exact) mass is 246 g/mol. The summed E-state index contributed by atoms with van der Waals surface area (Å²) in [6, 6.07) is 10.7. The van der Waals surface area contributed by atoms with Crippen molar-refractivity contribution in [3.63, 3.8) is 0 Å². The molecule has 1 fully saturated rings. The number of hydrogen-bond donors (Lipinski definition) is 1. The molecule has 0 aliphatic carbocycles. The molecule has 0 aromatic heterocycles. The summed E-state index contributed by atoms with van der Waals surface area (Å²) < 4.78 is 0. The average molecular weight is 246 g/mol. The Morgan fingerprint density at radius 3 is 2.94 bits per heavy atom. The van der Waals surface area contributed by atoms with Gasteiger partial charge in [-0.25, -0.2) is 0 Å². The van der Waals surface area contributed by atoms with E-state index in [2.05, 4.69) is 46.7 Å². The number of nitrogens with zero attached hydrogens (tertiary/aromatic N) is 1. The van der Waals surface area contributed by atoms with E-state index < -0.39 is 0 Å². The molecule has 2 aliphatic rings. The maximum Gasteiger partial charge on any atom is 0.0681 e. The molecule has 1 aromatic carbocycles. The fourth-order valence-corrected chi connectivity index (χ4v) is 3.47. The molecule has 3 heteroatoms. The van der Waals surface area contributed by atoms with Gasteiger partial charge in [-0.15, -0.1) is 11.8 Å². The highest BCUT2D eigenvalue weighted by atomic mass is 32.2. The van der Waals surface area contributed by atoms with Crippen molar-refractivity contribution in [2.24, 2.45) is 5.92 Å². The summed E-state index contributed by atoms with van der Waals surface area (Å²) in [6.07, 6.45) is 3.66. The van der Waals surface area contributed by atoms with E-state index in [-0.39, 0.29) is 0 Å². The fourth-order valence-electron chi connectivity index (χ4n) is 2.46. The Morgan fingerprint density at radius 1 is 1.29 bits per heavy atom. The highest BCUT2D eigenvalue weighted by molar-refractivity contribution is 8.08. The van der Waals surface area contributed by atoms with Crippen LogP contribution in [0, 0.1) is 5.92 Å². The Kier molecular flexibility index (Phi) is 3.39. The Balaban J connectivity index is 1.64. The SMILES string of the molecule is C1=C(c2ccccc2)SCN1C[C@@H]1CCNC1. The van der Waals surface area contributed by atoms with Gasteiger partial charge in [0, 0.05) is 17.6 Å². The molecule has 1 aromatic rings. The van der Waals surface area contributed by atoms with Crippen LogP contribution >= 0.6 is 11.8 Å². The molecule has 0 bridgehead atoms. The summed E-state index contributed by atoms with van der Waals surface area (Å²) in [7, 11) is 0. The zero-order chi connectivity index (χ0) is 11.5. The van der Waals surface area contributed by atoms with Crippen LogP contribution in [0.1, 0.15) is 12.0 Å². The number of benzene rings is 1. The predicted molar refractivity (Wildman–Crippen MR) is 74.6 cm³/mol. The molecule has 1 atom stereocenters. The van der Waals surface area contributed by atoms with Gasteiger partial charge in [-0.05, 0) is 31.0 Å². The van der Waals surface area contributed by atoms with Gasteiger partial charge in [-0.2, -0.15) is 0 Å². The molecule has 0 radical (unpaired) electrons. The van der Waals surface area contributed by atoms with Crippen LogP contribution < -0.4 is 5.32 Å². The molecular weight excluding hydrogens is 228 g/mol. The lowest BCUT2D eigenvalue weighted by Crippen LogP contribution is -2.24. The summed E-state index contributed by atoms with van der Waals surface area (Å²) in [5.41, 5.74) is 1.35. The largest absolute Gasteiger partial charge is 0.367 e. The van der Waals surface area contributed by atoms with Crippen molar-refractivity contribution in [2.45, 2.75) is 6.42 Å². The first-order chi connectivity index (χ1) is 8.42. The van der Waals surface area contributed by atoms with Crippen molar-refractivity contribution < 1.29 is 0 Å². The van der Waals surface area contributed by atoms with E-state index in [1.807, 2.05) is 11.8 Å². The van der Waals surface area contributed by atoms with Crippen molar-refractivity contribution in [3.05, 3.63) is 42.1 Å². The van der Waals surface area contributed by atoms with Gasteiger partial charge in [0.25, 0.3) is 0 Å². The quantitative estimate of drug-likeness (QED) is 0.882. The molecule has 0 amide bonds. The summed E-state index contributed by atoms with van der Waals surface area (Å²) in [4.78, 5) is 3.88.